The standard InChI is InChI=1S/C18H19N3O4/c1-11-7-14(20-12(2)19-11)17-9-21(5-6-23-17)18(22)13-3-4-15-16(8-13)25-10-24-15/h3-4,7-8,17H,5-6,9-10H2,1-2H3/t17-/m1/s1. The van der Waals surface area contributed by atoms with Gasteiger partial charge in [-0.1, -0.05) is 0 Å². The van der Waals surface area contributed by atoms with Crippen LogP contribution in [0.1, 0.15) is 33.7 Å². The molecule has 0 N–H and O–H groups in total. The third-order valence-electron chi connectivity index (χ3n) is 4.29. The molecule has 0 saturated carbocycles. The van der Waals surface area contributed by atoms with Crippen LogP contribution in [0.25, 0.3) is 0 Å². The molecule has 2 aromatic rings. The number of morpholine rings is 1. The largest absolute Gasteiger partial charge is 0.454 e. The summed E-state index contributed by atoms with van der Waals surface area (Å²) in [6.45, 7) is 5.46. The lowest BCUT2D eigenvalue weighted by atomic mass is 10.1. The number of carbonyl (C=O) groups excluding carboxylic acids is 1. The molecule has 1 aromatic carbocycles. The zero-order chi connectivity index (χ0) is 17.4. The topological polar surface area (TPSA) is 73.8 Å². The fourth-order valence-electron chi connectivity index (χ4n) is 3.14. The normalized spacial score (nSPS) is 19.1. The Kier molecular flexibility index (Phi) is 4.01. The number of fused-ring (bicyclic) bond motifs is 1. The summed E-state index contributed by atoms with van der Waals surface area (Å²) >= 11 is 0. The molecule has 2 aliphatic rings. The monoisotopic (exact) mass is 341 g/mol. The van der Waals surface area contributed by atoms with Crippen LogP contribution >= 0.6 is 0 Å². The Balaban J connectivity index is 1.53. The van der Waals surface area contributed by atoms with E-state index < -0.39 is 0 Å². The van der Waals surface area contributed by atoms with E-state index >= 15 is 0 Å². The highest BCUT2D eigenvalue weighted by atomic mass is 16.7. The minimum Gasteiger partial charge on any atom is -0.454 e. The van der Waals surface area contributed by atoms with Crippen LogP contribution in [0.3, 0.4) is 0 Å². The first-order valence-electron chi connectivity index (χ1n) is 8.23. The van der Waals surface area contributed by atoms with Gasteiger partial charge in [-0.25, -0.2) is 9.97 Å². The number of nitrogens with zero attached hydrogens (tertiary/aromatic N) is 3. The van der Waals surface area contributed by atoms with Gasteiger partial charge in [0.1, 0.15) is 11.9 Å². The fourth-order valence-corrected chi connectivity index (χ4v) is 3.14. The molecule has 0 spiro atoms. The summed E-state index contributed by atoms with van der Waals surface area (Å²) in [5.74, 6) is 1.94. The first-order chi connectivity index (χ1) is 12.1. The molecule has 0 radical (unpaired) electrons. The second kappa shape index (κ2) is 6.33. The summed E-state index contributed by atoms with van der Waals surface area (Å²) in [5.41, 5.74) is 2.29. The van der Waals surface area contributed by atoms with Crippen LogP contribution < -0.4 is 9.47 Å². The van der Waals surface area contributed by atoms with Crippen molar-refractivity contribution in [2.75, 3.05) is 26.5 Å². The molecule has 1 saturated heterocycles. The van der Waals surface area contributed by atoms with E-state index in [4.69, 9.17) is 14.2 Å². The Labute approximate surface area is 145 Å². The third-order valence-corrected chi connectivity index (χ3v) is 4.29. The minimum atomic E-state index is -0.243. The van der Waals surface area contributed by atoms with E-state index in [-0.39, 0.29) is 18.8 Å². The molecule has 1 aromatic heterocycles. The number of amides is 1. The van der Waals surface area contributed by atoms with Crippen molar-refractivity contribution in [2.45, 2.75) is 20.0 Å². The van der Waals surface area contributed by atoms with Crippen LogP contribution in [-0.4, -0.2) is 47.3 Å². The third kappa shape index (κ3) is 3.15. The lowest BCUT2D eigenvalue weighted by Gasteiger charge is -2.33. The molecular weight excluding hydrogens is 322 g/mol. The lowest BCUT2D eigenvalue weighted by molar-refractivity contribution is -0.0248. The van der Waals surface area contributed by atoms with E-state index in [0.29, 0.717) is 42.6 Å². The zero-order valence-electron chi connectivity index (χ0n) is 14.2. The Morgan fingerprint density at radius 1 is 1.16 bits per heavy atom. The van der Waals surface area contributed by atoms with E-state index in [2.05, 4.69) is 9.97 Å². The van der Waals surface area contributed by atoms with E-state index in [1.165, 1.54) is 0 Å². The van der Waals surface area contributed by atoms with Gasteiger partial charge in [0.25, 0.3) is 5.91 Å². The average Bonchev–Trinajstić information content (AvgIpc) is 3.08. The SMILES string of the molecule is Cc1cc([C@H]2CN(C(=O)c3ccc4c(c3)OCO4)CCO2)nc(C)n1. The van der Waals surface area contributed by atoms with Gasteiger partial charge in [0.05, 0.1) is 18.8 Å². The number of hydrogen-bond donors (Lipinski definition) is 0. The molecule has 0 bridgehead atoms. The lowest BCUT2D eigenvalue weighted by Crippen LogP contribution is -2.42. The predicted octanol–water partition coefficient (Wildman–Crippen LogP) is 2.04. The number of carbonyl (C=O) groups is 1. The Morgan fingerprint density at radius 2 is 2.00 bits per heavy atom. The molecule has 3 heterocycles. The van der Waals surface area contributed by atoms with E-state index in [1.54, 1.807) is 23.1 Å². The molecular formula is C18H19N3O4. The van der Waals surface area contributed by atoms with Gasteiger partial charge in [0, 0.05) is 17.8 Å². The average molecular weight is 341 g/mol. The summed E-state index contributed by atoms with van der Waals surface area (Å²) in [4.78, 5) is 23.4. The summed E-state index contributed by atoms with van der Waals surface area (Å²) in [6, 6.07) is 7.17. The Hall–Kier alpha value is -2.67. The first-order valence-corrected chi connectivity index (χ1v) is 8.23. The maximum absolute atomic E-state index is 12.9. The predicted molar refractivity (Wildman–Crippen MR) is 88.7 cm³/mol. The van der Waals surface area contributed by atoms with Crippen LogP contribution in [-0.2, 0) is 4.74 Å². The van der Waals surface area contributed by atoms with Crippen molar-refractivity contribution in [1.29, 1.82) is 0 Å². The maximum atomic E-state index is 12.9. The molecule has 7 nitrogen and oxygen atoms in total. The van der Waals surface area contributed by atoms with Gasteiger partial charge in [-0.05, 0) is 38.1 Å². The maximum Gasteiger partial charge on any atom is 0.254 e. The highest BCUT2D eigenvalue weighted by molar-refractivity contribution is 5.95. The molecule has 25 heavy (non-hydrogen) atoms. The van der Waals surface area contributed by atoms with E-state index in [0.717, 1.165) is 11.4 Å². The minimum absolute atomic E-state index is 0.0471. The summed E-state index contributed by atoms with van der Waals surface area (Å²) in [7, 11) is 0. The van der Waals surface area contributed by atoms with Crippen LogP contribution in [0.2, 0.25) is 0 Å². The molecule has 1 atom stereocenters. The number of ether oxygens (including phenoxy) is 3. The van der Waals surface area contributed by atoms with Crippen molar-refractivity contribution in [1.82, 2.24) is 14.9 Å². The molecule has 0 aliphatic carbocycles. The molecule has 130 valence electrons. The molecule has 4 rings (SSSR count). The van der Waals surface area contributed by atoms with E-state index in [1.807, 2.05) is 19.9 Å². The summed E-state index contributed by atoms with van der Waals surface area (Å²) in [6.07, 6.45) is -0.243. The zero-order valence-corrected chi connectivity index (χ0v) is 14.2. The second-order valence-corrected chi connectivity index (χ2v) is 6.16. The highest BCUT2D eigenvalue weighted by Gasteiger charge is 2.28. The molecule has 7 heteroatoms. The Morgan fingerprint density at radius 3 is 2.84 bits per heavy atom. The van der Waals surface area contributed by atoms with Gasteiger partial charge >= 0.3 is 0 Å². The smallest absolute Gasteiger partial charge is 0.254 e. The second-order valence-electron chi connectivity index (χ2n) is 6.16. The van der Waals surface area contributed by atoms with E-state index in [9.17, 15) is 4.79 Å². The van der Waals surface area contributed by atoms with Gasteiger partial charge < -0.3 is 19.1 Å². The number of aryl methyl sites for hydroxylation is 2. The molecule has 1 amide bonds. The van der Waals surface area contributed by atoms with Crippen molar-refractivity contribution in [3.8, 4) is 11.5 Å². The van der Waals surface area contributed by atoms with Crippen molar-refractivity contribution in [2.24, 2.45) is 0 Å². The van der Waals surface area contributed by atoms with Crippen LogP contribution in [0.5, 0.6) is 11.5 Å². The number of benzene rings is 1. The molecule has 2 aliphatic heterocycles. The van der Waals surface area contributed by atoms with Gasteiger partial charge in [-0.15, -0.1) is 0 Å². The van der Waals surface area contributed by atoms with Crippen molar-refractivity contribution in [3.05, 3.63) is 47.0 Å². The number of rotatable bonds is 2. The van der Waals surface area contributed by atoms with Crippen molar-refractivity contribution >= 4 is 5.91 Å². The quantitative estimate of drug-likeness (QED) is 0.832. The van der Waals surface area contributed by atoms with Gasteiger partial charge in [0.15, 0.2) is 11.5 Å². The van der Waals surface area contributed by atoms with Crippen molar-refractivity contribution in [3.63, 3.8) is 0 Å². The highest BCUT2D eigenvalue weighted by Crippen LogP contribution is 2.33. The van der Waals surface area contributed by atoms with Gasteiger partial charge in [-0.3, -0.25) is 4.79 Å². The Bertz CT molecular complexity index is 804. The number of aromatic nitrogens is 2. The van der Waals surface area contributed by atoms with Gasteiger partial charge in [-0.2, -0.15) is 0 Å². The first kappa shape index (κ1) is 15.8. The van der Waals surface area contributed by atoms with Gasteiger partial charge in [0.2, 0.25) is 6.79 Å². The summed E-state index contributed by atoms with van der Waals surface area (Å²) in [5, 5.41) is 0. The molecule has 1 fully saturated rings. The van der Waals surface area contributed by atoms with Crippen LogP contribution in [0, 0.1) is 13.8 Å². The van der Waals surface area contributed by atoms with Crippen molar-refractivity contribution < 1.29 is 19.0 Å². The van der Waals surface area contributed by atoms with Crippen LogP contribution in [0.15, 0.2) is 24.3 Å². The fraction of sp³-hybridized carbons (Fsp3) is 0.389. The van der Waals surface area contributed by atoms with Crippen LogP contribution in [0.4, 0.5) is 0 Å². The number of hydrogen-bond acceptors (Lipinski definition) is 6. The summed E-state index contributed by atoms with van der Waals surface area (Å²) < 4.78 is 16.5. The molecule has 0 unspecified atom stereocenters.